The van der Waals surface area contributed by atoms with Crippen LogP contribution in [-0.2, 0) is 0 Å². The van der Waals surface area contributed by atoms with Crippen LogP contribution in [0.1, 0.15) is 118 Å². The Labute approximate surface area is 244 Å². The van der Waals surface area contributed by atoms with Crippen LogP contribution in [0.25, 0.3) is 10.8 Å². The molecule has 0 unspecified atom stereocenters. The lowest BCUT2D eigenvalue weighted by molar-refractivity contribution is 0.101. The van der Waals surface area contributed by atoms with Crippen LogP contribution >= 0.6 is 0 Å². The van der Waals surface area contributed by atoms with Crippen molar-refractivity contribution in [3.63, 3.8) is 0 Å². The fourth-order valence-corrected chi connectivity index (χ4v) is 3.47. The molecule has 0 spiro atoms. The van der Waals surface area contributed by atoms with E-state index in [0.717, 1.165) is 27.8 Å². The fraction of sp³-hybridized carbons (Fsp3) is 0.447. The van der Waals surface area contributed by atoms with Gasteiger partial charge in [0, 0.05) is 5.56 Å². The number of carbonyl (C=O) groups excluding carboxylic acids is 1. The van der Waals surface area contributed by atoms with Crippen molar-refractivity contribution in [2.45, 2.75) is 109 Å². The van der Waals surface area contributed by atoms with Gasteiger partial charge in [0.1, 0.15) is 0 Å². The van der Waals surface area contributed by atoms with Gasteiger partial charge >= 0.3 is 0 Å². The standard InChI is InChI=1S/C13H12O.C10H20.C6H12.C4H8.C3H6.C2H2/c1-9-7-8-11-5-3-4-6-12(11)13(9)10(2)14;1-6-10(9(4)5)7-8(2)3;1-4-5-6(2)3;1-3-4-2;1-3-2;1-2/h3-8H,1-2H3;8H,6-7H2,1-5H3;2,4-5H2,1,3H3;3-4H,1-2H3;3H,1H2,2H3;1-2H/b;;;4-3-;;. The second-order valence-corrected chi connectivity index (χ2v) is 9.87. The Morgan fingerprint density at radius 3 is 1.69 bits per heavy atom. The van der Waals surface area contributed by atoms with E-state index in [0.29, 0.717) is 0 Å². The minimum absolute atomic E-state index is 0.138. The summed E-state index contributed by atoms with van der Waals surface area (Å²) in [6.07, 6.45) is 18.7. The molecule has 2 aromatic carbocycles. The predicted octanol–water partition coefficient (Wildman–Crippen LogP) is 12.5. The number of ketones is 1. The zero-order valence-electron chi connectivity index (χ0n) is 27.6. The Bertz CT molecular complexity index is 988. The lowest BCUT2D eigenvalue weighted by Crippen LogP contribution is -1.97. The van der Waals surface area contributed by atoms with E-state index in [1.165, 1.54) is 36.8 Å². The number of terminal acetylenes is 1. The highest BCUT2D eigenvalue weighted by Crippen LogP contribution is 2.22. The lowest BCUT2D eigenvalue weighted by Gasteiger charge is -2.09. The summed E-state index contributed by atoms with van der Waals surface area (Å²) in [5.74, 6) is 0.948. The Morgan fingerprint density at radius 1 is 0.923 bits per heavy atom. The molecule has 1 heteroatoms. The van der Waals surface area contributed by atoms with Crippen LogP contribution in [0.3, 0.4) is 0 Å². The number of hydrogen-bond acceptors (Lipinski definition) is 1. The van der Waals surface area contributed by atoms with Crippen LogP contribution in [0.4, 0.5) is 0 Å². The molecule has 0 saturated carbocycles. The molecule has 0 saturated heterocycles. The molecule has 39 heavy (non-hydrogen) atoms. The van der Waals surface area contributed by atoms with Gasteiger partial charge in [-0.3, -0.25) is 4.79 Å². The number of benzene rings is 2. The summed E-state index contributed by atoms with van der Waals surface area (Å²) in [4.78, 5) is 11.5. The van der Waals surface area contributed by atoms with Crippen LogP contribution in [0.15, 0.2) is 84.5 Å². The van der Waals surface area contributed by atoms with E-state index in [-0.39, 0.29) is 5.78 Å². The van der Waals surface area contributed by atoms with Crippen molar-refractivity contribution in [1.29, 1.82) is 0 Å². The average molecular weight is 533 g/mol. The van der Waals surface area contributed by atoms with E-state index in [1.54, 1.807) is 18.6 Å². The number of hydrogen-bond donors (Lipinski definition) is 0. The minimum atomic E-state index is 0.138. The summed E-state index contributed by atoms with van der Waals surface area (Å²) < 4.78 is 0. The van der Waals surface area contributed by atoms with Crippen molar-refractivity contribution in [2.24, 2.45) is 5.92 Å². The van der Waals surface area contributed by atoms with Crippen molar-refractivity contribution in [3.8, 4) is 12.8 Å². The first-order valence-electron chi connectivity index (χ1n) is 14.1. The lowest BCUT2D eigenvalue weighted by atomic mass is 9.97. The number of aryl methyl sites for hydroxylation is 1. The van der Waals surface area contributed by atoms with Gasteiger partial charge in [-0.25, -0.2) is 0 Å². The highest BCUT2D eigenvalue weighted by molar-refractivity contribution is 6.08. The Hall–Kier alpha value is -3.11. The van der Waals surface area contributed by atoms with Crippen LogP contribution in [-0.4, -0.2) is 5.78 Å². The third kappa shape index (κ3) is 25.0. The maximum absolute atomic E-state index is 11.5. The van der Waals surface area contributed by atoms with Gasteiger partial charge in [0.25, 0.3) is 0 Å². The largest absolute Gasteiger partial charge is 0.294 e. The number of carbonyl (C=O) groups is 1. The molecule has 218 valence electrons. The number of fused-ring (bicyclic) bond motifs is 1. The highest BCUT2D eigenvalue weighted by Gasteiger charge is 2.07. The average Bonchev–Trinajstić information content (AvgIpc) is 2.89. The zero-order valence-corrected chi connectivity index (χ0v) is 27.6. The van der Waals surface area contributed by atoms with Crippen molar-refractivity contribution < 1.29 is 4.79 Å². The SMILES string of the molecule is C#C.C/C=C\C.C=C(C)CCC.C=CC.CC(=O)c1c(C)ccc2ccccc12.CCC(CC(C)C)=C(C)C. The molecule has 0 aliphatic heterocycles. The maximum atomic E-state index is 11.5. The van der Waals surface area contributed by atoms with Gasteiger partial charge < -0.3 is 0 Å². The van der Waals surface area contributed by atoms with Gasteiger partial charge in [-0.05, 0) is 96.9 Å². The molecular weight excluding hydrogens is 472 g/mol. The summed E-state index contributed by atoms with van der Waals surface area (Å²) in [6, 6.07) is 12.0. The molecule has 0 amide bonds. The molecule has 0 fully saturated rings. The molecule has 0 bridgehead atoms. The summed E-state index contributed by atoms with van der Waals surface area (Å²) in [6.45, 7) is 32.0. The predicted molar refractivity (Wildman–Crippen MR) is 183 cm³/mol. The van der Waals surface area contributed by atoms with Crippen LogP contribution in [0.5, 0.6) is 0 Å². The first-order valence-corrected chi connectivity index (χ1v) is 14.1. The molecule has 0 heterocycles. The monoisotopic (exact) mass is 532 g/mol. The van der Waals surface area contributed by atoms with E-state index < -0.39 is 0 Å². The van der Waals surface area contributed by atoms with Crippen molar-refractivity contribution in [3.05, 3.63) is 95.6 Å². The summed E-state index contributed by atoms with van der Waals surface area (Å²) in [7, 11) is 0. The molecule has 0 aliphatic rings. The van der Waals surface area contributed by atoms with Crippen molar-refractivity contribution in [1.82, 2.24) is 0 Å². The third-order valence-corrected chi connectivity index (χ3v) is 5.29. The quantitative estimate of drug-likeness (QED) is 0.205. The number of allylic oxidation sites excluding steroid dienone is 6. The van der Waals surface area contributed by atoms with E-state index in [4.69, 9.17) is 0 Å². The molecule has 2 rings (SSSR count). The van der Waals surface area contributed by atoms with Crippen molar-refractivity contribution >= 4 is 16.6 Å². The maximum Gasteiger partial charge on any atom is 0.160 e. The second kappa shape index (κ2) is 29.4. The normalized spacial score (nSPS) is 9.00. The smallest absolute Gasteiger partial charge is 0.160 e. The number of rotatable bonds is 6. The molecule has 0 aromatic heterocycles. The Balaban J connectivity index is -0.000000215. The Kier molecular flexibility index (Phi) is 32.4. The molecule has 2 aromatic rings. The molecule has 0 N–H and O–H groups in total. The summed E-state index contributed by atoms with van der Waals surface area (Å²) in [5.41, 5.74) is 6.34. The highest BCUT2D eigenvalue weighted by atomic mass is 16.1. The summed E-state index contributed by atoms with van der Waals surface area (Å²) in [5, 5.41) is 2.18. The molecular formula is C38H60O. The summed E-state index contributed by atoms with van der Waals surface area (Å²) >= 11 is 0. The molecule has 0 radical (unpaired) electrons. The van der Waals surface area contributed by atoms with E-state index in [9.17, 15) is 4.79 Å². The number of Topliss-reactive ketones (excluding diaryl/α,β-unsaturated/α-hetero) is 1. The van der Waals surface area contributed by atoms with Crippen LogP contribution in [0, 0.1) is 25.7 Å². The second-order valence-electron chi connectivity index (χ2n) is 9.87. The zero-order chi connectivity index (χ0) is 31.4. The molecule has 0 atom stereocenters. The first-order chi connectivity index (χ1) is 18.4. The third-order valence-electron chi connectivity index (χ3n) is 5.29. The van der Waals surface area contributed by atoms with Gasteiger partial charge in [-0.15, -0.1) is 26.0 Å². The van der Waals surface area contributed by atoms with Gasteiger partial charge in [0.2, 0.25) is 0 Å². The van der Waals surface area contributed by atoms with Gasteiger partial charge in [0.15, 0.2) is 5.78 Å². The minimum Gasteiger partial charge on any atom is -0.294 e. The van der Waals surface area contributed by atoms with Gasteiger partial charge in [-0.1, -0.05) is 105 Å². The van der Waals surface area contributed by atoms with Gasteiger partial charge in [-0.2, -0.15) is 0 Å². The molecule has 0 aliphatic carbocycles. The van der Waals surface area contributed by atoms with E-state index >= 15 is 0 Å². The van der Waals surface area contributed by atoms with E-state index in [1.807, 2.05) is 70.2 Å². The Morgan fingerprint density at radius 2 is 1.41 bits per heavy atom. The molecule has 1 nitrogen and oxygen atoms in total. The van der Waals surface area contributed by atoms with Crippen LogP contribution < -0.4 is 0 Å². The van der Waals surface area contributed by atoms with Gasteiger partial charge in [0.05, 0.1) is 0 Å². The van der Waals surface area contributed by atoms with Crippen molar-refractivity contribution in [2.75, 3.05) is 0 Å². The first kappa shape index (κ1) is 43.0. The van der Waals surface area contributed by atoms with E-state index in [2.05, 4.69) is 80.5 Å². The fourth-order valence-electron chi connectivity index (χ4n) is 3.47. The topological polar surface area (TPSA) is 17.1 Å². The van der Waals surface area contributed by atoms with Crippen LogP contribution in [0.2, 0.25) is 0 Å².